The van der Waals surface area contributed by atoms with Gasteiger partial charge in [0.15, 0.2) is 0 Å². The number of rotatable bonds is 2. The Morgan fingerprint density at radius 2 is 2.00 bits per heavy atom. The Labute approximate surface area is 99.3 Å². The molecule has 0 atom stereocenters. The summed E-state index contributed by atoms with van der Waals surface area (Å²) < 4.78 is 5.40. The highest BCUT2D eigenvalue weighted by atomic mass is 16.5. The van der Waals surface area contributed by atoms with Crippen molar-refractivity contribution in [1.29, 1.82) is 0 Å². The summed E-state index contributed by atoms with van der Waals surface area (Å²) in [4.78, 5) is 17.9. The first-order chi connectivity index (χ1) is 8.13. The zero-order valence-electron chi connectivity index (χ0n) is 10.1. The van der Waals surface area contributed by atoms with Gasteiger partial charge in [-0.3, -0.25) is 9.78 Å². The van der Waals surface area contributed by atoms with Crippen LogP contribution in [0.3, 0.4) is 0 Å². The number of ether oxygens (including phenoxy) is 1. The van der Waals surface area contributed by atoms with E-state index in [1.165, 1.54) is 6.20 Å². The molecular formula is C13H14N2O2. The van der Waals surface area contributed by atoms with Crippen molar-refractivity contribution >= 4 is 0 Å². The first-order valence-electron chi connectivity index (χ1n) is 5.32. The molecule has 0 saturated carbocycles. The van der Waals surface area contributed by atoms with Gasteiger partial charge in [0.2, 0.25) is 0 Å². The van der Waals surface area contributed by atoms with Gasteiger partial charge in [0, 0.05) is 5.56 Å². The summed E-state index contributed by atoms with van der Waals surface area (Å²) in [5.74, 6) is 0.772. The molecule has 0 bridgehead atoms. The summed E-state index contributed by atoms with van der Waals surface area (Å²) in [5, 5.41) is 0. The van der Waals surface area contributed by atoms with Gasteiger partial charge in [-0.1, -0.05) is 6.07 Å². The Morgan fingerprint density at radius 1 is 1.24 bits per heavy atom. The van der Waals surface area contributed by atoms with Crippen molar-refractivity contribution in [3.05, 3.63) is 46.0 Å². The van der Waals surface area contributed by atoms with E-state index in [9.17, 15) is 4.79 Å². The van der Waals surface area contributed by atoms with Crippen molar-refractivity contribution < 1.29 is 4.74 Å². The second kappa shape index (κ2) is 4.41. The van der Waals surface area contributed by atoms with E-state index < -0.39 is 0 Å². The molecule has 0 saturated heterocycles. The fraction of sp³-hybridized carbons (Fsp3) is 0.231. The van der Waals surface area contributed by atoms with E-state index in [2.05, 4.69) is 9.97 Å². The minimum Gasteiger partial charge on any atom is -0.496 e. The van der Waals surface area contributed by atoms with E-state index in [1.54, 1.807) is 13.3 Å². The van der Waals surface area contributed by atoms with Gasteiger partial charge in [0.25, 0.3) is 5.56 Å². The summed E-state index contributed by atoms with van der Waals surface area (Å²) in [7, 11) is 1.62. The fourth-order valence-electron chi connectivity index (χ4n) is 1.78. The Hall–Kier alpha value is -2.10. The monoisotopic (exact) mass is 230 g/mol. The minimum atomic E-state index is -0.220. The van der Waals surface area contributed by atoms with Crippen LogP contribution in [-0.2, 0) is 0 Å². The number of H-pyrrole nitrogens is 1. The molecule has 88 valence electrons. The van der Waals surface area contributed by atoms with Crippen molar-refractivity contribution in [2.24, 2.45) is 0 Å². The van der Waals surface area contributed by atoms with E-state index in [0.29, 0.717) is 5.69 Å². The first kappa shape index (κ1) is 11.4. The standard InChI is InChI=1S/C13H14N2O2/c1-8-4-5-10(13(17-3)9(8)2)11-6-14-7-12(16)15-11/h4-7H,1-3H3,(H,15,16). The summed E-state index contributed by atoms with van der Waals surface area (Å²) in [5.41, 5.74) is 3.51. The SMILES string of the molecule is COc1c(-c2cncc(=O)[nH]2)ccc(C)c1C. The third kappa shape index (κ3) is 2.06. The molecular weight excluding hydrogens is 216 g/mol. The van der Waals surface area contributed by atoms with Crippen LogP contribution in [0.1, 0.15) is 11.1 Å². The lowest BCUT2D eigenvalue weighted by Gasteiger charge is -2.12. The van der Waals surface area contributed by atoms with Crippen molar-refractivity contribution in [3.63, 3.8) is 0 Å². The number of nitrogens with zero attached hydrogens (tertiary/aromatic N) is 1. The van der Waals surface area contributed by atoms with Gasteiger partial charge in [-0.15, -0.1) is 0 Å². The lowest BCUT2D eigenvalue weighted by atomic mass is 10.0. The van der Waals surface area contributed by atoms with Crippen LogP contribution < -0.4 is 10.3 Å². The summed E-state index contributed by atoms with van der Waals surface area (Å²) in [6.07, 6.45) is 2.87. The molecule has 4 heteroatoms. The van der Waals surface area contributed by atoms with E-state index in [-0.39, 0.29) is 5.56 Å². The van der Waals surface area contributed by atoms with Crippen LogP contribution in [-0.4, -0.2) is 17.1 Å². The topological polar surface area (TPSA) is 55.0 Å². The van der Waals surface area contributed by atoms with Gasteiger partial charge < -0.3 is 9.72 Å². The Bertz CT molecular complexity index is 603. The second-order valence-corrected chi connectivity index (χ2v) is 3.90. The van der Waals surface area contributed by atoms with Gasteiger partial charge in [-0.05, 0) is 31.0 Å². The van der Waals surface area contributed by atoms with Crippen molar-refractivity contribution in [2.45, 2.75) is 13.8 Å². The second-order valence-electron chi connectivity index (χ2n) is 3.90. The number of aryl methyl sites for hydroxylation is 1. The third-order valence-electron chi connectivity index (χ3n) is 2.82. The summed E-state index contributed by atoms with van der Waals surface area (Å²) in [6, 6.07) is 3.92. The molecule has 0 radical (unpaired) electrons. The number of aromatic nitrogens is 2. The van der Waals surface area contributed by atoms with Crippen LogP contribution in [0.15, 0.2) is 29.3 Å². The predicted octanol–water partition coefficient (Wildman–Crippen LogP) is 2.06. The molecule has 0 unspecified atom stereocenters. The largest absolute Gasteiger partial charge is 0.496 e. The lowest BCUT2D eigenvalue weighted by Crippen LogP contribution is -2.06. The minimum absolute atomic E-state index is 0.220. The normalized spacial score (nSPS) is 10.3. The molecule has 17 heavy (non-hydrogen) atoms. The molecule has 1 aromatic heterocycles. The van der Waals surface area contributed by atoms with Gasteiger partial charge in [-0.2, -0.15) is 0 Å². The Morgan fingerprint density at radius 3 is 2.65 bits per heavy atom. The van der Waals surface area contributed by atoms with Crippen LogP contribution in [0, 0.1) is 13.8 Å². The van der Waals surface area contributed by atoms with Crippen LogP contribution in [0.4, 0.5) is 0 Å². The van der Waals surface area contributed by atoms with E-state index in [0.717, 1.165) is 22.4 Å². The van der Waals surface area contributed by atoms with Crippen LogP contribution in [0.5, 0.6) is 5.75 Å². The smallest absolute Gasteiger partial charge is 0.266 e. The number of benzene rings is 1. The Balaban J connectivity index is 2.68. The maximum Gasteiger partial charge on any atom is 0.266 e. The number of methoxy groups -OCH3 is 1. The zero-order valence-corrected chi connectivity index (χ0v) is 10.1. The highest BCUT2D eigenvalue weighted by molar-refractivity contribution is 5.69. The maximum absolute atomic E-state index is 11.3. The molecule has 0 aliphatic heterocycles. The zero-order chi connectivity index (χ0) is 12.4. The number of nitrogens with one attached hydrogen (secondary N) is 1. The molecule has 2 aromatic rings. The van der Waals surface area contributed by atoms with E-state index in [4.69, 9.17) is 4.74 Å². The molecule has 0 fully saturated rings. The van der Waals surface area contributed by atoms with Gasteiger partial charge in [0.1, 0.15) is 5.75 Å². The fourth-order valence-corrected chi connectivity index (χ4v) is 1.78. The highest BCUT2D eigenvalue weighted by Gasteiger charge is 2.11. The van der Waals surface area contributed by atoms with Crippen LogP contribution >= 0.6 is 0 Å². The van der Waals surface area contributed by atoms with Crippen molar-refractivity contribution in [3.8, 4) is 17.0 Å². The van der Waals surface area contributed by atoms with Gasteiger partial charge in [-0.25, -0.2) is 0 Å². The van der Waals surface area contributed by atoms with E-state index in [1.807, 2.05) is 26.0 Å². The quantitative estimate of drug-likeness (QED) is 0.859. The molecule has 4 nitrogen and oxygen atoms in total. The molecule has 0 amide bonds. The number of aromatic amines is 1. The summed E-state index contributed by atoms with van der Waals surface area (Å²) >= 11 is 0. The Kier molecular flexibility index (Phi) is 2.95. The molecule has 1 N–H and O–H groups in total. The average Bonchev–Trinajstić information content (AvgIpc) is 2.32. The molecule has 2 rings (SSSR count). The van der Waals surface area contributed by atoms with Crippen molar-refractivity contribution in [1.82, 2.24) is 9.97 Å². The van der Waals surface area contributed by atoms with Gasteiger partial charge in [0.05, 0.1) is 25.2 Å². The van der Waals surface area contributed by atoms with E-state index >= 15 is 0 Å². The molecule has 1 aromatic carbocycles. The van der Waals surface area contributed by atoms with Crippen LogP contribution in [0.2, 0.25) is 0 Å². The lowest BCUT2D eigenvalue weighted by molar-refractivity contribution is 0.413. The maximum atomic E-state index is 11.3. The average molecular weight is 230 g/mol. The third-order valence-corrected chi connectivity index (χ3v) is 2.82. The van der Waals surface area contributed by atoms with Crippen molar-refractivity contribution in [2.75, 3.05) is 7.11 Å². The predicted molar refractivity (Wildman–Crippen MR) is 66.3 cm³/mol. The number of hydrogen-bond acceptors (Lipinski definition) is 3. The molecule has 0 aliphatic rings. The molecule has 0 spiro atoms. The van der Waals surface area contributed by atoms with Gasteiger partial charge >= 0.3 is 0 Å². The summed E-state index contributed by atoms with van der Waals surface area (Å²) in [6.45, 7) is 4.01. The number of hydrogen-bond donors (Lipinski definition) is 1. The molecule has 1 heterocycles. The molecule has 0 aliphatic carbocycles. The first-order valence-corrected chi connectivity index (χ1v) is 5.32. The van der Waals surface area contributed by atoms with Crippen LogP contribution in [0.25, 0.3) is 11.3 Å². The highest BCUT2D eigenvalue weighted by Crippen LogP contribution is 2.32.